The summed E-state index contributed by atoms with van der Waals surface area (Å²) in [5.74, 6) is -2.25. The van der Waals surface area contributed by atoms with Crippen LogP contribution in [0.2, 0.25) is 0 Å². The Morgan fingerprint density at radius 1 is 1.15 bits per heavy atom. The van der Waals surface area contributed by atoms with Gasteiger partial charge in [-0.1, -0.05) is 13.8 Å². The van der Waals surface area contributed by atoms with Gasteiger partial charge in [-0.3, -0.25) is 24.6 Å². The van der Waals surface area contributed by atoms with Crippen molar-refractivity contribution in [1.29, 1.82) is 0 Å². The van der Waals surface area contributed by atoms with E-state index in [4.69, 9.17) is 4.74 Å². The van der Waals surface area contributed by atoms with Crippen molar-refractivity contribution in [2.45, 2.75) is 58.5 Å². The van der Waals surface area contributed by atoms with Gasteiger partial charge in [0.15, 0.2) is 6.61 Å². The molecule has 1 aliphatic heterocycles. The van der Waals surface area contributed by atoms with Crippen LogP contribution >= 0.6 is 0 Å². The van der Waals surface area contributed by atoms with Crippen molar-refractivity contribution in [1.82, 2.24) is 20.9 Å². The summed E-state index contributed by atoms with van der Waals surface area (Å²) in [6.07, 6.45) is 0.788. The second kappa shape index (κ2) is 8.15. The van der Waals surface area contributed by atoms with Gasteiger partial charge in [-0.15, -0.1) is 0 Å². The molecule has 1 aliphatic rings. The van der Waals surface area contributed by atoms with Crippen molar-refractivity contribution in [2.24, 2.45) is 0 Å². The molecule has 1 saturated heterocycles. The van der Waals surface area contributed by atoms with Crippen LogP contribution in [-0.4, -0.2) is 59.0 Å². The molecule has 0 spiro atoms. The van der Waals surface area contributed by atoms with Crippen LogP contribution in [0, 0.1) is 0 Å². The average molecular weight is 370 g/mol. The Hall–Kier alpha value is -2.65. The quantitative estimate of drug-likeness (QED) is 0.454. The highest BCUT2D eigenvalue weighted by Crippen LogP contribution is 2.24. The molecule has 0 unspecified atom stereocenters. The molecule has 0 aromatic heterocycles. The number of urea groups is 2. The molecule has 0 aromatic carbocycles. The van der Waals surface area contributed by atoms with Crippen LogP contribution in [0.4, 0.5) is 9.59 Å². The summed E-state index contributed by atoms with van der Waals surface area (Å²) in [5, 5.41) is 7.10. The van der Waals surface area contributed by atoms with Gasteiger partial charge in [-0.2, -0.15) is 0 Å². The van der Waals surface area contributed by atoms with E-state index in [1.165, 1.54) is 0 Å². The number of carbonyl (C=O) groups excluding carboxylic acids is 5. The van der Waals surface area contributed by atoms with Gasteiger partial charge in [0.1, 0.15) is 12.1 Å². The van der Waals surface area contributed by atoms with Crippen molar-refractivity contribution in [3.63, 3.8) is 0 Å². The highest BCUT2D eigenvalue weighted by molar-refractivity contribution is 6.08. The maximum atomic E-state index is 12.4. The molecule has 10 nitrogen and oxygen atoms in total. The van der Waals surface area contributed by atoms with Crippen LogP contribution < -0.4 is 16.0 Å². The Kier molecular flexibility index (Phi) is 6.71. The van der Waals surface area contributed by atoms with E-state index in [2.05, 4.69) is 10.6 Å². The smallest absolute Gasteiger partial charge is 0.326 e. The molecule has 0 radical (unpaired) electrons. The first kappa shape index (κ1) is 21.4. The lowest BCUT2D eigenvalue weighted by molar-refractivity contribution is -0.151. The molecular weight excluding hydrogens is 344 g/mol. The number of imide groups is 2. The van der Waals surface area contributed by atoms with Crippen LogP contribution in [0.3, 0.4) is 0 Å². The Morgan fingerprint density at radius 2 is 1.73 bits per heavy atom. The van der Waals surface area contributed by atoms with Crippen molar-refractivity contribution >= 4 is 29.8 Å². The first-order chi connectivity index (χ1) is 11.9. The van der Waals surface area contributed by atoms with Gasteiger partial charge in [0.05, 0.1) is 0 Å². The number of carbonyl (C=O) groups is 5. The molecular formula is C16H26N4O6. The Labute approximate surface area is 152 Å². The largest absolute Gasteiger partial charge is 0.454 e. The second-order valence-corrected chi connectivity index (χ2v) is 7.02. The zero-order valence-electron chi connectivity index (χ0n) is 15.7. The fourth-order valence-electron chi connectivity index (χ4n) is 2.40. The fraction of sp³-hybridized carbons (Fsp3) is 0.688. The summed E-state index contributed by atoms with van der Waals surface area (Å²) < 4.78 is 4.72. The molecule has 1 fully saturated rings. The SMILES string of the molecule is CCC1(CC)NC(=O)N(CC(=O)OCC(=O)NC(=O)NC(C)(C)C)C1=O. The van der Waals surface area contributed by atoms with E-state index in [0.29, 0.717) is 12.8 Å². The van der Waals surface area contributed by atoms with Crippen molar-refractivity contribution in [3.8, 4) is 0 Å². The van der Waals surface area contributed by atoms with Crippen LogP contribution in [0.15, 0.2) is 0 Å². The average Bonchev–Trinajstić information content (AvgIpc) is 2.75. The minimum atomic E-state index is -1.01. The molecule has 0 aliphatic carbocycles. The second-order valence-electron chi connectivity index (χ2n) is 7.02. The van der Waals surface area contributed by atoms with Gasteiger partial charge in [0, 0.05) is 5.54 Å². The van der Waals surface area contributed by atoms with Crippen molar-refractivity contribution in [3.05, 3.63) is 0 Å². The Morgan fingerprint density at radius 3 is 2.19 bits per heavy atom. The van der Waals surface area contributed by atoms with E-state index in [0.717, 1.165) is 4.90 Å². The molecule has 6 amide bonds. The molecule has 0 saturated carbocycles. The minimum Gasteiger partial charge on any atom is -0.454 e. The van der Waals surface area contributed by atoms with E-state index in [9.17, 15) is 24.0 Å². The zero-order valence-corrected chi connectivity index (χ0v) is 15.7. The number of nitrogens with zero attached hydrogens (tertiary/aromatic N) is 1. The highest BCUT2D eigenvalue weighted by atomic mass is 16.5. The first-order valence-corrected chi connectivity index (χ1v) is 8.36. The predicted molar refractivity (Wildman–Crippen MR) is 90.9 cm³/mol. The molecule has 0 atom stereocenters. The molecule has 0 bridgehead atoms. The van der Waals surface area contributed by atoms with Crippen molar-refractivity contribution < 1.29 is 28.7 Å². The number of hydrogen-bond acceptors (Lipinski definition) is 6. The predicted octanol–water partition coefficient (Wildman–Crippen LogP) is 0.265. The van der Waals surface area contributed by atoms with E-state index in [1.807, 2.05) is 5.32 Å². The Balaban J connectivity index is 2.50. The summed E-state index contributed by atoms with van der Waals surface area (Å²) in [6.45, 7) is 7.43. The van der Waals surface area contributed by atoms with E-state index < -0.39 is 54.1 Å². The summed E-state index contributed by atoms with van der Waals surface area (Å²) in [6, 6.07) is -1.40. The van der Waals surface area contributed by atoms with Gasteiger partial charge < -0.3 is 15.4 Å². The minimum absolute atomic E-state index is 0.394. The van der Waals surface area contributed by atoms with E-state index >= 15 is 0 Å². The van der Waals surface area contributed by atoms with E-state index in [-0.39, 0.29) is 0 Å². The van der Waals surface area contributed by atoms with Crippen LogP contribution in [0.1, 0.15) is 47.5 Å². The van der Waals surface area contributed by atoms with Gasteiger partial charge in [-0.25, -0.2) is 9.59 Å². The monoisotopic (exact) mass is 370 g/mol. The molecule has 0 aromatic rings. The first-order valence-electron chi connectivity index (χ1n) is 8.36. The van der Waals surface area contributed by atoms with Gasteiger partial charge >= 0.3 is 18.0 Å². The lowest BCUT2D eigenvalue weighted by Crippen LogP contribution is -2.49. The molecule has 10 heteroatoms. The maximum absolute atomic E-state index is 12.4. The molecule has 146 valence electrons. The van der Waals surface area contributed by atoms with Crippen molar-refractivity contribution in [2.75, 3.05) is 13.2 Å². The van der Waals surface area contributed by atoms with Crippen LogP contribution in [0.5, 0.6) is 0 Å². The van der Waals surface area contributed by atoms with Gasteiger partial charge in [0.2, 0.25) is 0 Å². The van der Waals surface area contributed by atoms with E-state index in [1.54, 1.807) is 34.6 Å². The number of esters is 1. The maximum Gasteiger partial charge on any atom is 0.326 e. The number of ether oxygens (including phenoxy) is 1. The molecule has 1 heterocycles. The summed E-state index contributed by atoms with van der Waals surface area (Å²) in [4.78, 5) is 60.0. The molecule has 1 rings (SSSR count). The number of amides is 6. The van der Waals surface area contributed by atoms with Gasteiger partial charge in [0.25, 0.3) is 11.8 Å². The lowest BCUT2D eigenvalue weighted by atomic mass is 9.93. The highest BCUT2D eigenvalue weighted by Gasteiger charge is 2.49. The molecule has 26 heavy (non-hydrogen) atoms. The van der Waals surface area contributed by atoms with Crippen LogP contribution in [0.25, 0.3) is 0 Å². The zero-order chi connectivity index (χ0) is 20.1. The standard InChI is InChI=1S/C16H26N4O6/c1-6-16(7-2)12(23)20(14(25)19-16)8-11(22)26-9-10(21)17-13(24)18-15(3,4)5/h6-9H2,1-5H3,(H,19,25)(H2,17,18,21,24). The summed E-state index contributed by atoms with van der Waals surface area (Å²) >= 11 is 0. The topological polar surface area (TPSA) is 134 Å². The summed E-state index contributed by atoms with van der Waals surface area (Å²) in [5.41, 5.74) is -1.55. The Bertz CT molecular complexity index is 606. The molecule has 3 N–H and O–H groups in total. The number of hydrogen-bond donors (Lipinski definition) is 3. The third-order valence-corrected chi connectivity index (χ3v) is 3.85. The number of nitrogens with one attached hydrogen (secondary N) is 3. The number of rotatable bonds is 6. The summed E-state index contributed by atoms with van der Waals surface area (Å²) in [7, 11) is 0. The van der Waals surface area contributed by atoms with Crippen LogP contribution in [-0.2, 0) is 19.1 Å². The van der Waals surface area contributed by atoms with Gasteiger partial charge in [-0.05, 0) is 33.6 Å². The lowest BCUT2D eigenvalue weighted by Gasteiger charge is -2.22. The third-order valence-electron chi connectivity index (χ3n) is 3.85. The normalized spacial score (nSPS) is 16.1. The third kappa shape index (κ3) is 5.43. The fourth-order valence-corrected chi connectivity index (χ4v) is 2.40.